The van der Waals surface area contributed by atoms with Crippen molar-refractivity contribution in [3.05, 3.63) is 52.3 Å². The predicted octanol–water partition coefficient (Wildman–Crippen LogP) is 4.64. The van der Waals surface area contributed by atoms with E-state index in [2.05, 4.69) is 5.10 Å². The lowest BCUT2D eigenvalue weighted by atomic mass is 9.96. The minimum atomic E-state index is 0.0647. The summed E-state index contributed by atoms with van der Waals surface area (Å²) in [6, 6.07) is 9.41. The molecule has 1 aliphatic rings. The quantitative estimate of drug-likeness (QED) is 0.638. The molecule has 7 heteroatoms. The van der Waals surface area contributed by atoms with Gasteiger partial charge in [0, 0.05) is 10.9 Å². The highest BCUT2D eigenvalue weighted by Crippen LogP contribution is 2.28. The van der Waals surface area contributed by atoms with Gasteiger partial charge in [0.25, 0.3) is 0 Å². The summed E-state index contributed by atoms with van der Waals surface area (Å²) in [5.41, 5.74) is 1.41. The number of thiazole rings is 1. The third-order valence-corrected chi connectivity index (χ3v) is 5.72. The number of hydrogen-bond acceptors (Lipinski definition) is 6. The predicted molar refractivity (Wildman–Crippen MR) is 110 cm³/mol. The van der Waals surface area contributed by atoms with Crippen LogP contribution >= 0.6 is 11.3 Å². The Hall–Kier alpha value is -2.80. The fourth-order valence-corrected chi connectivity index (χ4v) is 4.28. The van der Waals surface area contributed by atoms with Gasteiger partial charge in [0.15, 0.2) is 17.3 Å². The van der Waals surface area contributed by atoms with E-state index in [-0.39, 0.29) is 5.75 Å². The molecule has 146 valence electrons. The molecule has 3 aromatic rings. The Labute approximate surface area is 167 Å². The van der Waals surface area contributed by atoms with Crippen molar-refractivity contribution in [1.82, 2.24) is 4.68 Å². The lowest BCUT2D eigenvalue weighted by Gasteiger charge is -2.16. The first-order valence-electron chi connectivity index (χ1n) is 9.45. The molecule has 1 N–H and O–H groups in total. The van der Waals surface area contributed by atoms with Crippen LogP contribution in [0, 0.1) is 0 Å². The number of para-hydroxylation sites is 1. The number of aromatic hydroxyl groups is 1. The summed E-state index contributed by atoms with van der Waals surface area (Å²) in [6.45, 7) is 0. The van der Waals surface area contributed by atoms with Gasteiger partial charge in [0.1, 0.15) is 5.69 Å². The first-order valence-corrected chi connectivity index (χ1v) is 10.3. The first-order chi connectivity index (χ1) is 13.8. The lowest BCUT2D eigenvalue weighted by molar-refractivity contribution is 0.373. The van der Waals surface area contributed by atoms with Gasteiger partial charge in [-0.3, -0.25) is 4.99 Å². The highest BCUT2D eigenvalue weighted by atomic mass is 32.1. The van der Waals surface area contributed by atoms with Gasteiger partial charge in [-0.15, -0.1) is 11.3 Å². The molecular formula is C21H23N3O3S. The molecule has 0 bridgehead atoms. The van der Waals surface area contributed by atoms with Gasteiger partial charge in [-0.05, 0) is 37.1 Å². The molecule has 4 rings (SSSR count). The van der Waals surface area contributed by atoms with Crippen LogP contribution in [-0.4, -0.2) is 29.1 Å². The molecule has 0 amide bonds. The summed E-state index contributed by atoms with van der Waals surface area (Å²) in [4.78, 5) is 5.79. The average molecular weight is 398 g/mol. The summed E-state index contributed by atoms with van der Waals surface area (Å²) in [5.74, 6) is 1.21. The van der Waals surface area contributed by atoms with E-state index in [0.29, 0.717) is 17.4 Å². The fourth-order valence-electron chi connectivity index (χ4n) is 3.39. The number of phenolic OH excluding ortho intramolecular Hbond substituents is 1. The molecule has 28 heavy (non-hydrogen) atoms. The Bertz CT molecular complexity index is 1010. The Balaban J connectivity index is 1.75. The average Bonchev–Trinajstić information content (AvgIpc) is 3.38. The van der Waals surface area contributed by atoms with E-state index in [1.807, 2.05) is 23.6 Å². The number of ether oxygens (including phenoxy) is 1. The molecule has 0 spiro atoms. The lowest BCUT2D eigenvalue weighted by Crippen LogP contribution is -2.18. The van der Waals surface area contributed by atoms with Crippen molar-refractivity contribution < 1.29 is 14.3 Å². The highest BCUT2D eigenvalue weighted by molar-refractivity contribution is 7.07. The maximum absolute atomic E-state index is 10.3. The van der Waals surface area contributed by atoms with Gasteiger partial charge in [-0.2, -0.15) is 5.10 Å². The van der Waals surface area contributed by atoms with Crippen molar-refractivity contribution in [3.8, 4) is 23.0 Å². The number of aromatic nitrogens is 1. The Morgan fingerprint density at radius 2 is 2.07 bits per heavy atom. The standard InChI is InChI=1S/C21H23N3O3S/c1-26-19-10-5-7-15(20(19)25)13-22-24-17(18-11-6-12-27-18)14-28-21(24)23-16-8-3-2-4-9-16/h5-7,10-14,16,25H,2-4,8-9H2,1H3. The van der Waals surface area contributed by atoms with Crippen molar-refractivity contribution in [2.24, 2.45) is 10.1 Å². The van der Waals surface area contributed by atoms with Crippen molar-refractivity contribution >= 4 is 17.6 Å². The topological polar surface area (TPSA) is 72.2 Å². The number of furan rings is 1. The minimum Gasteiger partial charge on any atom is -0.504 e. The molecule has 0 radical (unpaired) electrons. The second kappa shape index (κ2) is 8.48. The molecule has 2 heterocycles. The highest BCUT2D eigenvalue weighted by Gasteiger charge is 2.15. The number of nitrogens with zero attached hydrogens (tertiary/aromatic N) is 3. The molecule has 1 aliphatic carbocycles. The molecule has 0 saturated heterocycles. The summed E-state index contributed by atoms with van der Waals surface area (Å²) >= 11 is 1.55. The van der Waals surface area contributed by atoms with Gasteiger partial charge in [-0.1, -0.05) is 25.3 Å². The number of rotatable bonds is 5. The normalized spacial score (nSPS) is 16.1. The molecule has 0 aliphatic heterocycles. The van der Waals surface area contributed by atoms with E-state index in [0.717, 1.165) is 29.1 Å². The van der Waals surface area contributed by atoms with Crippen LogP contribution in [0.1, 0.15) is 37.7 Å². The molecule has 1 saturated carbocycles. The number of methoxy groups -OCH3 is 1. The molecule has 1 aromatic carbocycles. The van der Waals surface area contributed by atoms with E-state index in [1.54, 1.807) is 40.6 Å². The Kier molecular flexibility index (Phi) is 5.62. The third kappa shape index (κ3) is 3.89. The monoisotopic (exact) mass is 397 g/mol. The fraction of sp³-hybridized carbons (Fsp3) is 0.333. The van der Waals surface area contributed by atoms with Gasteiger partial charge in [-0.25, -0.2) is 4.68 Å². The van der Waals surface area contributed by atoms with Crippen LogP contribution in [0.15, 0.2) is 56.5 Å². The second-order valence-corrected chi connectivity index (χ2v) is 7.59. The van der Waals surface area contributed by atoms with Crippen LogP contribution < -0.4 is 9.54 Å². The summed E-state index contributed by atoms with van der Waals surface area (Å²) in [6.07, 6.45) is 9.25. The maximum atomic E-state index is 10.3. The summed E-state index contributed by atoms with van der Waals surface area (Å²) < 4.78 is 12.5. The Morgan fingerprint density at radius 1 is 1.21 bits per heavy atom. The van der Waals surface area contributed by atoms with Crippen LogP contribution in [0.2, 0.25) is 0 Å². The summed E-state index contributed by atoms with van der Waals surface area (Å²) in [7, 11) is 1.53. The zero-order chi connectivity index (χ0) is 19.3. The van der Waals surface area contributed by atoms with E-state index in [9.17, 15) is 5.11 Å². The molecule has 1 fully saturated rings. The molecule has 0 atom stereocenters. The van der Waals surface area contributed by atoms with E-state index in [1.165, 1.54) is 26.4 Å². The van der Waals surface area contributed by atoms with Crippen molar-refractivity contribution in [2.75, 3.05) is 7.11 Å². The molecule has 0 unspecified atom stereocenters. The third-order valence-electron chi connectivity index (χ3n) is 4.89. The van der Waals surface area contributed by atoms with Crippen LogP contribution in [0.3, 0.4) is 0 Å². The van der Waals surface area contributed by atoms with Gasteiger partial charge in [0.05, 0.1) is 25.6 Å². The van der Waals surface area contributed by atoms with Gasteiger partial charge < -0.3 is 14.3 Å². The largest absolute Gasteiger partial charge is 0.504 e. The number of benzene rings is 1. The van der Waals surface area contributed by atoms with E-state index in [4.69, 9.17) is 14.1 Å². The van der Waals surface area contributed by atoms with Gasteiger partial charge in [0.2, 0.25) is 4.80 Å². The van der Waals surface area contributed by atoms with Crippen LogP contribution in [0.4, 0.5) is 0 Å². The summed E-state index contributed by atoms with van der Waals surface area (Å²) in [5, 5.41) is 17.0. The zero-order valence-electron chi connectivity index (χ0n) is 15.7. The molecule has 2 aromatic heterocycles. The van der Waals surface area contributed by atoms with Gasteiger partial charge >= 0.3 is 0 Å². The smallest absolute Gasteiger partial charge is 0.206 e. The van der Waals surface area contributed by atoms with E-state index < -0.39 is 0 Å². The number of phenols is 1. The zero-order valence-corrected chi connectivity index (χ0v) is 16.6. The second-order valence-electron chi connectivity index (χ2n) is 6.76. The van der Waals surface area contributed by atoms with E-state index >= 15 is 0 Å². The van der Waals surface area contributed by atoms with Crippen molar-refractivity contribution in [2.45, 2.75) is 38.1 Å². The minimum absolute atomic E-state index is 0.0647. The van der Waals surface area contributed by atoms with Crippen LogP contribution in [0.5, 0.6) is 11.5 Å². The molecule has 6 nitrogen and oxygen atoms in total. The van der Waals surface area contributed by atoms with Crippen molar-refractivity contribution in [1.29, 1.82) is 0 Å². The number of hydrogen-bond donors (Lipinski definition) is 1. The Morgan fingerprint density at radius 3 is 2.82 bits per heavy atom. The maximum Gasteiger partial charge on any atom is 0.206 e. The molecular weight excluding hydrogens is 374 g/mol. The van der Waals surface area contributed by atoms with Crippen LogP contribution in [0.25, 0.3) is 11.5 Å². The van der Waals surface area contributed by atoms with Crippen molar-refractivity contribution in [3.63, 3.8) is 0 Å². The van der Waals surface area contributed by atoms with Crippen LogP contribution in [-0.2, 0) is 0 Å². The SMILES string of the molecule is COc1cccc(C=Nn2c(-c3ccco3)csc2=NC2CCCCC2)c1O. The first kappa shape index (κ1) is 18.6.